The van der Waals surface area contributed by atoms with Crippen LogP contribution in [0.25, 0.3) is 0 Å². The zero-order valence-corrected chi connectivity index (χ0v) is 8.41. The van der Waals surface area contributed by atoms with Gasteiger partial charge in [0.15, 0.2) is 0 Å². The second kappa shape index (κ2) is 4.77. The van der Waals surface area contributed by atoms with E-state index in [1.165, 1.54) is 18.2 Å². The molecule has 6 heteroatoms. The first-order valence-corrected chi connectivity index (χ1v) is 4.45. The Morgan fingerprint density at radius 2 is 2.13 bits per heavy atom. The molecule has 80 valence electrons. The van der Waals surface area contributed by atoms with Crippen molar-refractivity contribution in [3.8, 4) is 0 Å². The van der Waals surface area contributed by atoms with Crippen LogP contribution in [-0.4, -0.2) is 23.5 Å². The summed E-state index contributed by atoms with van der Waals surface area (Å²) in [5, 5.41) is 11.2. The summed E-state index contributed by atoms with van der Waals surface area (Å²) in [6, 6.07) is 4.12. The van der Waals surface area contributed by atoms with Crippen LogP contribution in [-0.2, 0) is 4.79 Å². The molecule has 0 aliphatic carbocycles. The molecule has 15 heavy (non-hydrogen) atoms. The van der Waals surface area contributed by atoms with E-state index >= 15 is 0 Å². The number of nitrogens with two attached hydrogens (primary N) is 1. The molecule has 1 aromatic carbocycles. The minimum atomic E-state index is -1.11. The fourth-order valence-corrected chi connectivity index (χ4v) is 1.24. The Morgan fingerprint density at radius 3 is 2.60 bits per heavy atom. The molecule has 0 aromatic heterocycles. The van der Waals surface area contributed by atoms with Gasteiger partial charge in [0.25, 0.3) is 0 Å². The summed E-state index contributed by atoms with van der Waals surface area (Å²) in [6.07, 6.45) is 0. The number of carbonyl (C=O) groups excluding carboxylic acids is 1. The van der Waals surface area contributed by atoms with Crippen LogP contribution in [0.15, 0.2) is 18.2 Å². The van der Waals surface area contributed by atoms with Crippen LogP contribution in [0, 0.1) is 0 Å². The van der Waals surface area contributed by atoms with Crippen LogP contribution >= 0.6 is 11.6 Å². The van der Waals surface area contributed by atoms with Crippen molar-refractivity contribution in [3.63, 3.8) is 0 Å². The van der Waals surface area contributed by atoms with E-state index in [1.54, 1.807) is 0 Å². The fraction of sp³-hybridized carbons (Fsp3) is 0.111. The Hall–Kier alpha value is -1.59. The molecule has 0 spiro atoms. The molecule has 5 nitrogen and oxygen atoms in total. The van der Waals surface area contributed by atoms with Crippen molar-refractivity contribution in [2.75, 3.05) is 11.9 Å². The molecular formula is C9H9ClN2O3. The van der Waals surface area contributed by atoms with Gasteiger partial charge in [0.2, 0.25) is 5.91 Å². The quantitative estimate of drug-likeness (QED) is 0.718. The molecule has 0 unspecified atom stereocenters. The molecule has 4 N–H and O–H groups in total. The summed E-state index contributed by atoms with van der Waals surface area (Å²) in [7, 11) is 0. The van der Waals surface area contributed by atoms with E-state index in [0.29, 0.717) is 5.69 Å². The van der Waals surface area contributed by atoms with Gasteiger partial charge < -0.3 is 16.2 Å². The van der Waals surface area contributed by atoms with Crippen molar-refractivity contribution in [2.24, 2.45) is 5.73 Å². The second-order valence-electron chi connectivity index (χ2n) is 2.75. The van der Waals surface area contributed by atoms with E-state index in [0.717, 1.165) is 0 Å². The molecule has 0 fully saturated rings. The number of carbonyl (C=O) groups is 2. The number of halogens is 1. The van der Waals surface area contributed by atoms with E-state index in [2.05, 4.69) is 5.32 Å². The lowest BCUT2D eigenvalue weighted by atomic mass is 10.2. The number of anilines is 1. The molecule has 0 bridgehead atoms. The maximum Gasteiger partial charge on any atom is 0.337 e. The molecule has 0 saturated heterocycles. The molecule has 0 aliphatic rings. The zero-order valence-electron chi connectivity index (χ0n) is 7.66. The lowest BCUT2D eigenvalue weighted by molar-refractivity contribution is -0.114. The number of rotatable bonds is 3. The number of benzene rings is 1. The van der Waals surface area contributed by atoms with Crippen LogP contribution < -0.4 is 11.1 Å². The number of carboxylic acid groups (broad SMARTS) is 1. The molecular weight excluding hydrogens is 220 g/mol. The van der Waals surface area contributed by atoms with Crippen LogP contribution in [0.3, 0.4) is 0 Å². The van der Waals surface area contributed by atoms with Gasteiger partial charge >= 0.3 is 5.97 Å². The molecule has 0 radical (unpaired) electrons. The third kappa shape index (κ3) is 2.93. The predicted molar refractivity (Wildman–Crippen MR) is 56.1 cm³/mol. The van der Waals surface area contributed by atoms with Crippen molar-refractivity contribution >= 4 is 29.2 Å². The lowest BCUT2D eigenvalue weighted by Gasteiger charge is -2.05. The van der Waals surface area contributed by atoms with Crippen molar-refractivity contribution < 1.29 is 14.7 Å². The molecule has 0 aliphatic heterocycles. The van der Waals surface area contributed by atoms with Crippen LogP contribution in [0.2, 0.25) is 5.02 Å². The largest absolute Gasteiger partial charge is 0.478 e. The van der Waals surface area contributed by atoms with Crippen LogP contribution in [0.5, 0.6) is 0 Å². The first-order chi connectivity index (χ1) is 7.04. The first kappa shape index (κ1) is 11.5. The molecule has 0 saturated carbocycles. The highest BCUT2D eigenvalue weighted by atomic mass is 35.5. The number of amides is 1. The summed E-state index contributed by atoms with van der Waals surface area (Å²) in [6.45, 7) is -0.141. The van der Waals surface area contributed by atoms with Gasteiger partial charge in [0, 0.05) is 5.69 Å². The van der Waals surface area contributed by atoms with Gasteiger partial charge in [0.1, 0.15) is 0 Å². The highest BCUT2D eigenvalue weighted by Crippen LogP contribution is 2.20. The average Bonchev–Trinajstić information content (AvgIpc) is 2.17. The average molecular weight is 229 g/mol. The lowest BCUT2D eigenvalue weighted by Crippen LogP contribution is -2.21. The van der Waals surface area contributed by atoms with Gasteiger partial charge in [0.05, 0.1) is 17.1 Å². The maximum absolute atomic E-state index is 10.9. The highest BCUT2D eigenvalue weighted by molar-refractivity contribution is 6.33. The first-order valence-electron chi connectivity index (χ1n) is 4.07. The Balaban J connectivity index is 2.91. The van der Waals surface area contributed by atoms with Crippen molar-refractivity contribution in [1.29, 1.82) is 0 Å². The number of aromatic carboxylic acids is 1. The Bertz CT molecular complexity index is 406. The van der Waals surface area contributed by atoms with E-state index in [4.69, 9.17) is 22.4 Å². The van der Waals surface area contributed by atoms with Gasteiger partial charge in [-0.2, -0.15) is 0 Å². The van der Waals surface area contributed by atoms with Crippen molar-refractivity contribution in [1.82, 2.24) is 0 Å². The summed E-state index contributed by atoms with van der Waals surface area (Å²) in [5.74, 6) is -1.48. The van der Waals surface area contributed by atoms with E-state index in [-0.39, 0.29) is 23.0 Å². The predicted octanol–water partition coefficient (Wildman–Crippen LogP) is 0.935. The molecule has 1 aromatic rings. The maximum atomic E-state index is 10.9. The third-order valence-corrected chi connectivity index (χ3v) is 1.98. The monoisotopic (exact) mass is 228 g/mol. The van der Waals surface area contributed by atoms with Gasteiger partial charge in [-0.05, 0) is 18.2 Å². The number of hydrogen-bond acceptors (Lipinski definition) is 3. The number of hydrogen-bond donors (Lipinski definition) is 3. The Labute approximate surface area is 90.8 Å². The normalized spacial score (nSPS) is 9.73. The minimum absolute atomic E-state index is 0.0117. The van der Waals surface area contributed by atoms with E-state index in [1.807, 2.05) is 0 Å². The SMILES string of the molecule is NCC(=O)Nc1ccc(C(=O)O)c(Cl)c1. The summed E-state index contributed by atoms with van der Waals surface area (Å²) >= 11 is 5.69. The standard InChI is InChI=1S/C9H9ClN2O3/c10-7-3-5(12-8(13)4-11)1-2-6(7)9(14)15/h1-3H,4,11H2,(H,12,13)(H,14,15). The van der Waals surface area contributed by atoms with Gasteiger partial charge in [-0.25, -0.2) is 4.79 Å². The highest BCUT2D eigenvalue weighted by Gasteiger charge is 2.09. The summed E-state index contributed by atoms with van der Waals surface area (Å²) < 4.78 is 0. The zero-order chi connectivity index (χ0) is 11.4. The minimum Gasteiger partial charge on any atom is -0.478 e. The number of nitrogens with one attached hydrogen (secondary N) is 1. The molecule has 0 atom stereocenters. The van der Waals surface area contributed by atoms with E-state index < -0.39 is 5.97 Å². The smallest absolute Gasteiger partial charge is 0.337 e. The van der Waals surface area contributed by atoms with Gasteiger partial charge in [-0.1, -0.05) is 11.6 Å². The summed E-state index contributed by atoms with van der Waals surface area (Å²) in [5.41, 5.74) is 5.50. The van der Waals surface area contributed by atoms with E-state index in [9.17, 15) is 9.59 Å². The topological polar surface area (TPSA) is 92.4 Å². The van der Waals surface area contributed by atoms with Crippen LogP contribution in [0.4, 0.5) is 5.69 Å². The van der Waals surface area contributed by atoms with Gasteiger partial charge in [-0.15, -0.1) is 0 Å². The summed E-state index contributed by atoms with van der Waals surface area (Å²) in [4.78, 5) is 21.5. The number of carboxylic acids is 1. The van der Waals surface area contributed by atoms with Gasteiger partial charge in [-0.3, -0.25) is 4.79 Å². The van der Waals surface area contributed by atoms with Crippen molar-refractivity contribution in [3.05, 3.63) is 28.8 Å². The van der Waals surface area contributed by atoms with Crippen molar-refractivity contribution in [2.45, 2.75) is 0 Å². The second-order valence-corrected chi connectivity index (χ2v) is 3.16. The molecule has 1 amide bonds. The third-order valence-electron chi connectivity index (χ3n) is 1.67. The molecule has 0 heterocycles. The molecule has 1 rings (SSSR count). The Morgan fingerprint density at radius 1 is 1.47 bits per heavy atom. The fourth-order valence-electron chi connectivity index (χ4n) is 0.978. The Kier molecular flexibility index (Phi) is 3.65. The van der Waals surface area contributed by atoms with Crippen LogP contribution in [0.1, 0.15) is 10.4 Å².